The molecule has 1 atom stereocenters. The Hall–Kier alpha value is -1.01. The van der Waals surface area contributed by atoms with Gasteiger partial charge in [-0.1, -0.05) is 0 Å². The van der Waals surface area contributed by atoms with Crippen molar-refractivity contribution < 1.29 is 9.84 Å². The van der Waals surface area contributed by atoms with Crippen LogP contribution in [0, 0.1) is 0 Å². The van der Waals surface area contributed by atoms with Gasteiger partial charge in [-0.25, -0.2) is 0 Å². The van der Waals surface area contributed by atoms with Crippen molar-refractivity contribution in [1.29, 1.82) is 0 Å². The number of ether oxygens (including phenoxy) is 1. The minimum Gasteiger partial charge on any atom is -0.477 e. The third-order valence-electron chi connectivity index (χ3n) is 2.59. The van der Waals surface area contributed by atoms with Gasteiger partial charge in [0.15, 0.2) is 0 Å². The lowest BCUT2D eigenvalue weighted by molar-refractivity contribution is 0.0819. The standard InChI is InChI=1S/C11H17N3O2S/c1-2-16-10-6-12-5-9(14-10)13-7-11(15)3-4-17-8-11/h5-6,15H,2-4,7-8H2,1H3,(H,13,14). The molecule has 1 aromatic rings. The Balaban J connectivity index is 1.91. The lowest BCUT2D eigenvalue weighted by Crippen LogP contribution is -2.36. The van der Waals surface area contributed by atoms with Crippen molar-refractivity contribution in [1.82, 2.24) is 9.97 Å². The molecule has 94 valence electrons. The summed E-state index contributed by atoms with van der Waals surface area (Å²) < 4.78 is 5.26. The van der Waals surface area contributed by atoms with Gasteiger partial charge in [0.05, 0.1) is 24.6 Å². The van der Waals surface area contributed by atoms with Crippen LogP contribution in [0.3, 0.4) is 0 Å². The molecule has 1 fully saturated rings. The van der Waals surface area contributed by atoms with Gasteiger partial charge in [-0.2, -0.15) is 16.7 Å². The van der Waals surface area contributed by atoms with Gasteiger partial charge in [0, 0.05) is 12.3 Å². The van der Waals surface area contributed by atoms with Crippen LogP contribution < -0.4 is 10.1 Å². The molecule has 0 spiro atoms. The number of hydrogen-bond acceptors (Lipinski definition) is 6. The highest BCUT2D eigenvalue weighted by molar-refractivity contribution is 7.99. The van der Waals surface area contributed by atoms with Crippen LogP contribution in [0.5, 0.6) is 5.88 Å². The van der Waals surface area contributed by atoms with Gasteiger partial charge in [0.2, 0.25) is 5.88 Å². The van der Waals surface area contributed by atoms with E-state index in [1.54, 1.807) is 24.2 Å². The number of aliphatic hydroxyl groups is 1. The number of aromatic nitrogens is 2. The smallest absolute Gasteiger partial charge is 0.234 e. The lowest BCUT2D eigenvalue weighted by Gasteiger charge is -2.21. The average Bonchev–Trinajstić information content (AvgIpc) is 2.76. The summed E-state index contributed by atoms with van der Waals surface area (Å²) >= 11 is 1.78. The van der Waals surface area contributed by atoms with E-state index >= 15 is 0 Å². The number of nitrogens with one attached hydrogen (secondary N) is 1. The maximum Gasteiger partial charge on any atom is 0.234 e. The number of anilines is 1. The minimum atomic E-state index is -0.617. The topological polar surface area (TPSA) is 67.3 Å². The third kappa shape index (κ3) is 3.47. The molecule has 0 amide bonds. The van der Waals surface area contributed by atoms with E-state index in [1.165, 1.54) is 0 Å². The molecule has 0 aliphatic carbocycles. The van der Waals surface area contributed by atoms with Crippen molar-refractivity contribution in [2.24, 2.45) is 0 Å². The summed E-state index contributed by atoms with van der Waals surface area (Å²) in [6, 6.07) is 0. The molecule has 2 rings (SSSR count). The second kappa shape index (κ2) is 5.55. The molecule has 1 aliphatic heterocycles. The van der Waals surface area contributed by atoms with Crippen molar-refractivity contribution in [3.63, 3.8) is 0 Å². The highest BCUT2D eigenvalue weighted by Gasteiger charge is 2.31. The second-order valence-electron chi connectivity index (χ2n) is 4.06. The molecule has 1 saturated heterocycles. The van der Waals surface area contributed by atoms with Gasteiger partial charge < -0.3 is 15.2 Å². The Morgan fingerprint density at radius 1 is 1.59 bits per heavy atom. The molecule has 0 aromatic carbocycles. The van der Waals surface area contributed by atoms with Crippen molar-refractivity contribution >= 4 is 17.6 Å². The first-order chi connectivity index (χ1) is 8.22. The summed E-state index contributed by atoms with van der Waals surface area (Å²) in [5.41, 5.74) is -0.617. The van der Waals surface area contributed by atoms with Gasteiger partial charge in [-0.05, 0) is 19.1 Å². The van der Waals surface area contributed by atoms with Crippen molar-refractivity contribution in [3.8, 4) is 5.88 Å². The summed E-state index contributed by atoms with van der Waals surface area (Å²) in [6.45, 7) is 2.98. The van der Waals surface area contributed by atoms with Gasteiger partial charge >= 0.3 is 0 Å². The molecule has 2 N–H and O–H groups in total. The first kappa shape index (κ1) is 12.4. The first-order valence-corrected chi connectivity index (χ1v) is 6.86. The van der Waals surface area contributed by atoms with Crippen LogP contribution in [-0.2, 0) is 0 Å². The van der Waals surface area contributed by atoms with E-state index in [9.17, 15) is 5.11 Å². The molecule has 6 heteroatoms. The number of rotatable bonds is 5. The van der Waals surface area contributed by atoms with E-state index in [0.29, 0.717) is 24.8 Å². The SMILES string of the molecule is CCOc1cncc(NCC2(O)CCSC2)n1. The molecule has 5 nitrogen and oxygen atoms in total. The van der Waals surface area contributed by atoms with Crippen molar-refractivity contribution in [2.75, 3.05) is 30.0 Å². The fourth-order valence-corrected chi connectivity index (χ4v) is 2.94. The minimum absolute atomic E-state index is 0.504. The molecule has 1 aromatic heterocycles. The van der Waals surface area contributed by atoms with Crippen LogP contribution in [0.25, 0.3) is 0 Å². The van der Waals surface area contributed by atoms with Crippen LogP contribution in [0.15, 0.2) is 12.4 Å². The normalized spacial score (nSPS) is 23.6. The number of thioether (sulfide) groups is 1. The highest BCUT2D eigenvalue weighted by Crippen LogP contribution is 2.27. The zero-order chi connectivity index (χ0) is 12.1. The van der Waals surface area contributed by atoms with Crippen LogP contribution in [0.4, 0.5) is 5.82 Å². The molecular formula is C11H17N3O2S. The third-order valence-corrected chi connectivity index (χ3v) is 3.82. The molecule has 0 saturated carbocycles. The highest BCUT2D eigenvalue weighted by atomic mass is 32.2. The Kier molecular flexibility index (Phi) is 4.06. The van der Waals surface area contributed by atoms with Gasteiger partial charge in [0.25, 0.3) is 0 Å². The predicted molar refractivity (Wildman–Crippen MR) is 68.6 cm³/mol. The lowest BCUT2D eigenvalue weighted by atomic mass is 10.0. The van der Waals surface area contributed by atoms with E-state index in [4.69, 9.17) is 4.74 Å². The largest absolute Gasteiger partial charge is 0.477 e. The zero-order valence-corrected chi connectivity index (χ0v) is 10.7. The zero-order valence-electron chi connectivity index (χ0n) is 9.85. The number of nitrogens with zero attached hydrogens (tertiary/aromatic N) is 2. The predicted octanol–water partition coefficient (Wildman–Crippen LogP) is 1.16. The molecule has 2 heterocycles. The molecule has 17 heavy (non-hydrogen) atoms. The van der Waals surface area contributed by atoms with E-state index in [2.05, 4.69) is 15.3 Å². The average molecular weight is 255 g/mol. The van der Waals surface area contributed by atoms with Crippen LogP contribution >= 0.6 is 11.8 Å². The van der Waals surface area contributed by atoms with Crippen molar-refractivity contribution in [3.05, 3.63) is 12.4 Å². The van der Waals surface area contributed by atoms with E-state index in [1.807, 2.05) is 6.92 Å². The van der Waals surface area contributed by atoms with Crippen LogP contribution in [0.2, 0.25) is 0 Å². The maximum atomic E-state index is 10.2. The summed E-state index contributed by atoms with van der Waals surface area (Å²) in [6.07, 6.45) is 4.03. The van der Waals surface area contributed by atoms with Gasteiger partial charge in [0.1, 0.15) is 5.82 Å². The first-order valence-electron chi connectivity index (χ1n) is 5.71. The Morgan fingerprint density at radius 3 is 3.18 bits per heavy atom. The van der Waals surface area contributed by atoms with E-state index in [-0.39, 0.29) is 0 Å². The van der Waals surface area contributed by atoms with E-state index < -0.39 is 5.60 Å². The molecule has 0 radical (unpaired) electrons. The summed E-state index contributed by atoms with van der Waals surface area (Å²) in [5, 5.41) is 13.3. The Morgan fingerprint density at radius 2 is 2.47 bits per heavy atom. The van der Waals surface area contributed by atoms with Gasteiger partial charge in [-0.15, -0.1) is 0 Å². The molecule has 1 unspecified atom stereocenters. The quantitative estimate of drug-likeness (QED) is 0.823. The molecule has 1 aliphatic rings. The van der Waals surface area contributed by atoms with E-state index in [0.717, 1.165) is 17.9 Å². The molecule has 0 bridgehead atoms. The van der Waals surface area contributed by atoms with Crippen molar-refractivity contribution in [2.45, 2.75) is 18.9 Å². The summed E-state index contributed by atoms with van der Waals surface area (Å²) in [5.74, 6) is 2.94. The Bertz CT molecular complexity index is 369. The number of hydrogen-bond donors (Lipinski definition) is 2. The molecular weight excluding hydrogens is 238 g/mol. The Labute approximate surface area is 105 Å². The fourth-order valence-electron chi connectivity index (χ4n) is 1.64. The second-order valence-corrected chi connectivity index (χ2v) is 5.16. The monoisotopic (exact) mass is 255 g/mol. The van der Waals surface area contributed by atoms with Crippen LogP contribution in [0.1, 0.15) is 13.3 Å². The summed E-state index contributed by atoms with van der Waals surface area (Å²) in [4.78, 5) is 8.28. The maximum absolute atomic E-state index is 10.2. The van der Waals surface area contributed by atoms with Gasteiger partial charge in [-0.3, -0.25) is 4.98 Å². The van der Waals surface area contributed by atoms with Crippen LogP contribution in [-0.4, -0.2) is 45.3 Å². The summed E-state index contributed by atoms with van der Waals surface area (Å²) in [7, 11) is 0. The fraction of sp³-hybridized carbons (Fsp3) is 0.636.